The van der Waals surface area contributed by atoms with Crippen molar-refractivity contribution in [3.8, 4) is 0 Å². The van der Waals surface area contributed by atoms with Crippen molar-refractivity contribution >= 4 is 11.9 Å². The largest absolute Gasteiger partial charge is 0.477 e. The molecule has 0 bridgehead atoms. The number of nitrogens with one attached hydrogen (secondary N) is 1. The normalized spacial score (nSPS) is 31.4. The average molecular weight is 436 g/mol. The third-order valence-corrected chi connectivity index (χ3v) is 4.74. The number of carbonyl (C=O) groups excluding carboxylic acids is 1. The van der Waals surface area contributed by atoms with Crippen LogP contribution in [0, 0.1) is 5.92 Å². The summed E-state index contributed by atoms with van der Waals surface area (Å²) in [6, 6.07) is -3.34. The Balaban J connectivity index is 2.57. The van der Waals surface area contributed by atoms with Crippen molar-refractivity contribution in [3.05, 3.63) is 11.9 Å². The van der Waals surface area contributed by atoms with E-state index in [0.29, 0.717) is 12.1 Å². The van der Waals surface area contributed by atoms with Gasteiger partial charge >= 0.3 is 11.8 Å². The Hall–Kier alpha value is -2.22. The van der Waals surface area contributed by atoms with E-state index in [-0.39, 0.29) is 5.92 Å². The van der Waals surface area contributed by atoms with Gasteiger partial charge in [0.15, 0.2) is 6.17 Å². The summed E-state index contributed by atoms with van der Waals surface area (Å²) in [5.74, 6) is -6.80. The molecule has 1 aromatic heterocycles. The molecule has 1 aliphatic heterocycles. The van der Waals surface area contributed by atoms with E-state index in [2.05, 4.69) is 15.6 Å². The Morgan fingerprint density at radius 2 is 2.03 bits per heavy atom. The van der Waals surface area contributed by atoms with Crippen LogP contribution in [0.3, 0.4) is 0 Å². The van der Waals surface area contributed by atoms with Crippen molar-refractivity contribution in [3.63, 3.8) is 0 Å². The molecule has 1 aliphatic rings. The van der Waals surface area contributed by atoms with E-state index in [9.17, 15) is 24.9 Å². The monoisotopic (exact) mass is 436 g/mol. The van der Waals surface area contributed by atoms with Crippen molar-refractivity contribution in [1.82, 2.24) is 20.3 Å². The summed E-state index contributed by atoms with van der Waals surface area (Å²) in [5.41, 5.74) is 0.414. The molecular weight excluding hydrogens is 410 g/mol. The van der Waals surface area contributed by atoms with E-state index >= 15 is 8.78 Å². The fourth-order valence-electron chi connectivity index (χ4n) is 3.38. The van der Waals surface area contributed by atoms with E-state index < -0.39 is 60.9 Å². The number of aliphatic hydroxyl groups is 3. The number of aromatic nitrogens is 3. The SMILES string of the molecule is CC(=O)N[C@H]1[C@H]([C@H](O)[C@H](O)CO)OC(F)(C(=O)O)C(F)[C@@H]1n1cc(CC(C)C)nn1. The van der Waals surface area contributed by atoms with Crippen molar-refractivity contribution in [2.24, 2.45) is 5.92 Å². The molecule has 13 heteroatoms. The molecule has 11 nitrogen and oxygen atoms in total. The highest BCUT2D eigenvalue weighted by Crippen LogP contribution is 2.41. The molecule has 0 aromatic carbocycles. The number of carboxylic acid groups (broad SMARTS) is 1. The minimum atomic E-state index is -3.93. The number of aliphatic carboxylic acids is 1. The Kier molecular flexibility index (Phi) is 7.45. The van der Waals surface area contributed by atoms with Crippen LogP contribution in [0.1, 0.15) is 32.5 Å². The lowest BCUT2D eigenvalue weighted by atomic mass is 9.86. The number of carbonyl (C=O) groups is 2. The summed E-state index contributed by atoms with van der Waals surface area (Å²) >= 11 is 0. The third kappa shape index (κ3) is 4.74. The van der Waals surface area contributed by atoms with Gasteiger partial charge in [-0.25, -0.2) is 13.9 Å². The maximum absolute atomic E-state index is 15.2. The number of alkyl halides is 2. The molecule has 1 saturated heterocycles. The van der Waals surface area contributed by atoms with Crippen LogP contribution in [-0.2, 0) is 20.7 Å². The minimum Gasteiger partial charge on any atom is -0.477 e. The van der Waals surface area contributed by atoms with Gasteiger partial charge in [-0.05, 0) is 12.3 Å². The van der Waals surface area contributed by atoms with E-state index in [4.69, 9.17) is 9.84 Å². The number of hydrogen-bond acceptors (Lipinski definition) is 8. The van der Waals surface area contributed by atoms with Crippen LogP contribution in [0.2, 0.25) is 0 Å². The number of halogens is 2. The Bertz CT molecular complexity index is 764. The molecule has 7 atom stereocenters. The predicted octanol–water partition coefficient (Wildman–Crippen LogP) is -1.28. The molecular formula is C17H26F2N4O7. The fraction of sp³-hybridized carbons (Fsp3) is 0.765. The van der Waals surface area contributed by atoms with Crippen LogP contribution >= 0.6 is 0 Å². The number of rotatable bonds is 8. The second-order valence-electron chi connectivity index (χ2n) is 7.68. The highest BCUT2D eigenvalue weighted by atomic mass is 19.2. The van der Waals surface area contributed by atoms with Crippen LogP contribution < -0.4 is 5.32 Å². The van der Waals surface area contributed by atoms with E-state index in [0.717, 1.165) is 11.6 Å². The minimum absolute atomic E-state index is 0.158. The number of carboxylic acids is 1. The predicted molar refractivity (Wildman–Crippen MR) is 95.5 cm³/mol. The highest BCUT2D eigenvalue weighted by Gasteiger charge is 2.64. The second-order valence-corrected chi connectivity index (χ2v) is 7.68. The lowest BCUT2D eigenvalue weighted by Gasteiger charge is -2.46. The summed E-state index contributed by atoms with van der Waals surface area (Å²) in [5, 5.41) is 48.3. The van der Waals surface area contributed by atoms with Gasteiger partial charge in [0.05, 0.1) is 18.3 Å². The number of hydrogen-bond donors (Lipinski definition) is 5. The standard InChI is InChI=1S/C17H26F2N4O7/c1-7(2)4-9-5-23(22-21-9)12-11(20-8(3)25)14(13(27)10(26)6-24)30-17(19,15(12)18)16(28)29/h5,7,10-15,24,26-27H,4,6H2,1-3H3,(H,20,25)(H,28,29)/t10-,11-,12-,13-,14-,15?,17?/m1/s1. The van der Waals surface area contributed by atoms with Gasteiger partial charge in [0.2, 0.25) is 5.91 Å². The van der Waals surface area contributed by atoms with Gasteiger partial charge in [-0.15, -0.1) is 5.10 Å². The summed E-state index contributed by atoms with van der Waals surface area (Å²) in [4.78, 5) is 23.2. The van der Waals surface area contributed by atoms with Gasteiger partial charge in [-0.2, -0.15) is 4.39 Å². The lowest BCUT2D eigenvalue weighted by molar-refractivity contribution is -0.283. The quantitative estimate of drug-likeness (QED) is 0.334. The van der Waals surface area contributed by atoms with Crippen molar-refractivity contribution in [2.75, 3.05) is 6.61 Å². The number of aliphatic hydroxyl groups excluding tert-OH is 3. The van der Waals surface area contributed by atoms with Crippen molar-refractivity contribution in [1.29, 1.82) is 0 Å². The van der Waals surface area contributed by atoms with Gasteiger partial charge in [-0.1, -0.05) is 19.1 Å². The maximum atomic E-state index is 15.2. The van der Waals surface area contributed by atoms with Gasteiger partial charge in [0.25, 0.3) is 0 Å². The Morgan fingerprint density at radius 3 is 2.53 bits per heavy atom. The maximum Gasteiger partial charge on any atom is 0.372 e. The van der Waals surface area contributed by atoms with Crippen LogP contribution in [-0.4, -0.2) is 90.3 Å². The Morgan fingerprint density at radius 1 is 1.40 bits per heavy atom. The number of nitrogens with zero attached hydrogens (tertiary/aromatic N) is 3. The molecule has 0 aliphatic carbocycles. The van der Waals surface area contributed by atoms with Gasteiger partial charge < -0.3 is 30.5 Å². The van der Waals surface area contributed by atoms with Crippen LogP contribution in [0.4, 0.5) is 8.78 Å². The molecule has 0 spiro atoms. The Labute approximate surface area is 170 Å². The fourth-order valence-corrected chi connectivity index (χ4v) is 3.38. The molecule has 1 amide bonds. The van der Waals surface area contributed by atoms with Gasteiger partial charge in [-0.3, -0.25) is 4.79 Å². The third-order valence-electron chi connectivity index (χ3n) is 4.74. The zero-order chi connectivity index (χ0) is 22.8. The zero-order valence-electron chi connectivity index (χ0n) is 16.6. The van der Waals surface area contributed by atoms with E-state index in [1.54, 1.807) is 0 Å². The molecule has 1 fully saturated rings. The van der Waals surface area contributed by atoms with E-state index in [1.165, 1.54) is 6.20 Å². The second kappa shape index (κ2) is 9.29. The summed E-state index contributed by atoms with van der Waals surface area (Å²) < 4.78 is 35.9. The molecule has 30 heavy (non-hydrogen) atoms. The average Bonchev–Trinajstić information content (AvgIpc) is 3.10. The molecule has 2 unspecified atom stereocenters. The zero-order valence-corrected chi connectivity index (χ0v) is 16.6. The van der Waals surface area contributed by atoms with Crippen molar-refractivity contribution < 1.29 is 43.5 Å². The molecule has 2 rings (SSSR count). The summed E-state index contributed by atoms with van der Waals surface area (Å²) in [6.07, 6.45) is -7.02. The van der Waals surface area contributed by atoms with Crippen molar-refractivity contribution in [2.45, 2.75) is 69.6 Å². The molecule has 0 saturated carbocycles. The van der Waals surface area contributed by atoms with E-state index in [1.807, 2.05) is 13.8 Å². The first-order valence-corrected chi connectivity index (χ1v) is 9.31. The molecule has 0 radical (unpaired) electrons. The first kappa shape index (κ1) is 24.1. The summed E-state index contributed by atoms with van der Waals surface area (Å²) in [6.45, 7) is 3.87. The smallest absolute Gasteiger partial charge is 0.372 e. The number of amides is 1. The lowest BCUT2D eigenvalue weighted by Crippen LogP contribution is -2.69. The van der Waals surface area contributed by atoms with Crippen LogP contribution in [0.25, 0.3) is 0 Å². The molecule has 1 aromatic rings. The van der Waals surface area contributed by atoms with Gasteiger partial charge in [0.1, 0.15) is 24.4 Å². The first-order valence-electron chi connectivity index (χ1n) is 9.31. The van der Waals surface area contributed by atoms with Crippen LogP contribution in [0.5, 0.6) is 0 Å². The number of ether oxygens (including phenoxy) is 1. The van der Waals surface area contributed by atoms with Crippen LogP contribution in [0.15, 0.2) is 6.20 Å². The molecule has 170 valence electrons. The molecule has 5 N–H and O–H groups in total. The topological polar surface area (TPSA) is 167 Å². The highest BCUT2D eigenvalue weighted by molar-refractivity contribution is 5.77. The summed E-state index contributed by atoms with van der Waals surface area (Å²) in [7, 11) is 0. The van der Waals surface area contributed by atoms with Gasteiger partial charge in [0, 0.05) is 13.1 Å². The molecule has 2 heterocycles. The first-order chi connectivity index (χ1) is 13.9.